The summed E-state index contributed by atoms with van der Waals surface area (Å²) < 4.78 is 0. The molecule has 160 valence electrons. The van der Waals surface area contributed by atoms with Crippen molar-refractivity contribution in [2.75, 3.05) is 36.4 Å². The summed E-state index contributed by atoms with van der Waals surface area (Å²) in [7, 11) is 0. The van der Waals surface area contributed by atoms with E-state index in [1.54, 1.807) is 18.2 Å². The average molecular weight is 448 g/mol. The summed E-state index contributed by atoms with van der Waals surface area (Å²) in [5.74, 6) is 0.340. The minimum atomic E-state index is -0.238. The quantitative estimate of drug-likeness (QED) is 0.680. The van der Waals surface area contributed by atoms with Crippen LogP contribution >= 0.6 is 23.2 Å². The van der Waals surface area contributed by atoms with Gasteiger partial charge in [-0.3, -0.25) is 9.59 Å². The highest BCUT2D eigenvalue weighted by Crippen LogP contribution is 2.30. The minimum Gasteiger partial charge on any atom is -0.367 e. The van der Waals surface area contributed by atoms with Crippen molar-refractivity contribution in [2.24, 2.45) is 5.92 Å². The molecule has 0 unspecified atom stereocenters. The molecular formula is C23H27Cl2N3O2. The molecule has 0 saturated carbocycles. The molecule has 30 heavy (non-hydrogen) atoms. The summed E-state index contributed by atoms with van der Waals surface area (Å²) in [4.78, 5) is 28.8. The van der Waals surface area contributed by atoms with E-state index >= 15 is 0 Å². The molecule has 2 aromatic carbocycles. The molecule has 5 nitrogen and oxygen atoms in total. The second-order valence-electron chi connectivity index (χ2n) is 8.05. The van der Waals surface area contributed by atoms with E-state index in [0.717, 1.165) is 24.3 Å². The van der Waals surface area contributed by atoms with Gasteiger partial charge >= 0.3 is 0 Å². The number of aryl methyl sites for hydroxylation is 1. The standard InChI is InChI=1S/C23H27Cl2N3O2/c1-15(2)12-22(29)28-10-8-27(9-11-28)21-7-6-18(14-20(21)25)26-23(30)17-5-4-16(3)19(24)13-17/h4-7,13-15H,8-12H2,1-3H3,(H,26,30). The van der Waals surface area contributed by atoms with Crippen molar-refractivity contribution in [3.05, 3.63) is 57.6 Å². The predicted molar refractivity (Wildman–Crippen MR) is 124 cm³/mol. The van der Waals surface area contributed by atoms with Crippen LogP contribution in [0.1, 0.15) is 36.2 Å². The van der Waals surface area contributed by atoms with E-state index in [4.69, 9.17) is 23.2 Å². The molecule has 0 radical (unpaired) electrons. The van der Waals surface area contributed by atoms with Gasteiger partial charge in [0.2, 0.25) is 5.91 Å². The molecule has 0 atom stereocenters. The highest BCUT2D eigenvalue weighted by Gasteiger charge is 2.23. The molecule has 1 aliphatic heterocycles. The molecular weight excluding hydrogens is 421 g/mol. The highest BCUT2D eigenvalue weighted by atomic mass is 35.5. The zero-order valence-electron chi connectivity index (χ0n) is 17.5. The molecule has 0 spiro atoms. The molecule has 1 N–H and O–H groups in total. The predicted octanol–water partition coefficient (Wildman–Crippen LogP) is 5.25. The largest absolute Gasteiger partial charge is 0.367 e. The van der Waals surface area contributed by atoms with E-state index in [2.05, 4.69) is 24.1 Å². The van der Waals surface area contributed by atoms with Crippen LogP contribution in [0.3, 0.4) is 0 Å². The number of anilines is 2. The molecule has 1 saturated heterocycles. The number of nitrogens with zero attached hydrogens (tertiary/aromatic N) is 2. The Morgan fingerprint density at radius 2 is 1.70 bits per heavy atom. The van der Waals surface area contributed by atoms with Crippen molar-refractivity contribution in [1.29, 1.82) is 0 Å². The zero-order valence-corrected chi connectivity index (χ0v) is 19.1. The lowest BCUT2D eigenvalue weighted by molar-refractivity contribution is -0.132. The van der Waals surface area contributed by atoms with Crippen LogP contribution < -0.4 is 10.2 Å². The first kappa shape index (κ1) is 22.4. The number of hydrogen-bond acceptors (Lipinski definition) is 3. The molecule has 0 bridgehead atoms. The summed E-state index contributed by atoms with van der Waals surface area (Å²) >= 11 is 12.6. The summed E-state index contributed by atoms with van der Waals surface area (Å²) in [5, 5.41) is 3.99. The van der Waals surface area contributed by atoms with Crippen LogP contribution in [0.5, 0.6) is 0 Å². The van der Waals surface area contributed by atoms with Crippen LogP contribution in [0.25, 0.3) is 0 Å². The monoisotopic (exact) mass is 447 g/mol. The van der Waals surface area contributed by atoms with Gasteiger partial charge in [0.25, 0.3) is 5.91 Å². The number of piperazine rings is 1. The molecule has 0 aliphatic carbocycles. The lowest BCUT2D eigenvalue weighted by Gasteiger charge is -2.36. The van der Waals surface area contributed by atoms with Gasteiger partial charge in [0.15, 0.2) is 0 Å². The van der Waals surface area contributed by atoms with Gasteiger partial charge in [-0.05, 0) is 48.7 Å². The number of nitrogens with one attached hydrogen (secondary N) is 1. The number of benzene rings is 2. The van der Waals surface area contributed by atoms with Crippen molar-refractivity contribution < 1.29 is 9.59 Å². The first-order chi connectivity index (χ1) is 14.2. The molecule has 1 heterocycles. The van der Waals surface area contributed by atoms with Gasteiger partial charge in [-0.15, -0.1) is 0 Å². The number of halogens is 2. The van der Waals surface area contributed by atoms with E-state index in [1.807, 2.05) is 30.0 Å². The van der Waals surface area contributed by atoms with E-state index in [1.165, 1.54) is 0 Å². The Kier molecular flexibility index (Phi) is 7.27. The van der Waals surface area contributed by atoms with E-state index in [0.29, 0.717) is 46.7 Å². The molecule has 2 aromatic rings. The molecule has 7 heteroatoms. The lowest BCUT2D eigenvalue weighted by atomic mass is 10.1. The minimum absolute atomic E-state index is 0.213. The Labute approximate surface area is 187 Å². The Morgan fingerprint density at radius 3 is 2.30 bits per heavy atom. The van der Waals surface area contributed by atoms with Crippen LogP contribution in [0.15, 0.2) is 36.4 Å². The van der Waals surface area contributed by atoms with Crippen LogP contribution in [0.2, 0.25) is 10.0 Å². The summed E-state index contributed by atoms with van der Waals surface area (Å²) in [6, 6.07) is 10.7. The van der Waals surface area contributed by atoms with Crippen molar-refractivity contribution in [1.82, 2.24) is 4.90 Å². The fraction of sp³-hybridized carbons (Fsp3) is 0.391. The molecule has 1 fully saturated rings. The number of carbonyl (C=O) groups is 2. The van der Waals surface area contributed by atoms with Gasteiger partial charge in [0.05, 0.1) is 10.7 Å². The maximum Gasteiger partial charge on any atom is 0.255 e. The number of amides is 2. The molecule has 2 amide bonds. The SMILES string of the molecule is Cc1ccc(C(=O)Nc2ccc(N3CCN(C(=O)CC(C)C)CC3)c(Cl)c2)cc1Cl. The molecule has 0 aromatic heterocycles. The van der Waals surface area contributed by atoms with Crippen LogP contribution in [0, 0.1) is 12.8 Å². The molecule has 1 aliphatic rings. The van der Waals surface area contributed by atoms with Gasteiger partial charge in [0.1, 0.15) is 0 Å². The topological polar surface area (TPSA) is 52.7 Å². The number of carbonyl (C=O) groups excluding carboxylic acids is 2. The Bertz CT molecular complexity index is 938. The third-order valence-electron chi connectivity index (χ3n) is 5.20. The van der Waals surface area contributed by atoms with Crippen molar-refractivity contribution in [3.8, 4) is 0 Å². The first-order valence-electron chi connectivity index (χ1n) is 10.1. The number of hydrogen-bond donors (Lipinski definition) is 1. The Morgan fingerprint density at radius 1 is 1.00 bits per heavy atom. The highest BCUT2D eigenvalue weighted by molar-refractivity contribution is 6.33. The molecule has 3 rings (SSSR count). The summed E-state index contributed by atoms with van der Waals surface area (Å²) in [5.41, 5.74) is 2.94. The van der Waals surface area contributed by atoms with Crippen molar-refractivity contribution in [2.45, 2.75) is 27.2 Å². The number of rotatable bonds is 5. The maximum atomic E-state index is 12.5. The van der Waals surface area contributed by atoms with Gasteiger partial charge < -0.3 is 15.1 Å². The normalized spacial score (nSPS) is 14.2. The van der Waals surface area contributed by atoms with Gasteiger partial charge in [-0.25, -0.2) is 0 Å². The van der Waals surface area contributed by atoms with Gasteiger partial charge in [-0.1, -0.05) is 43.1 Å². The smallest absolute Gasteiger partial charge is 0.255 e. The van der Waals surface area contributed by atoms with Crippen LogP contribution in [0.4, 0.5) is 11.4 Å². The summed E-state index contributed by atoms with van der Waals surface area (Å²) in [6.45, 7) is 8.85. The second-order valence-corrected chi connectivity index (χ2v) is 8.86. The average Bonchev–Trinajstić information content (AvgIpc) is 2.70. The Balaban J connectivity index is 1.62. The third-order valence-corrected chi connectivity index (χ3v) is 5.91. The third kappa shape index (κ3) is 5.46. The van der Waals surface area contributed by atoms with Crippen molar-refractivity contribution in [3.63, 3.8) is 0 Å². The maximum absolute atomic E-state index is 12.5. The second kappa shape index (κ2) is 9.71. The van der Waals surface area contributed by atoms with Gasteiger partial charge in [0, 0.05) is 48.9 Å². The van der Waals surface area contributed by atoms with Gasteiger partial charge in [-0.2, -0.15) is 0 Å². The van der Waals surface area contributed by atoms with Crippen LogP contribution in [-0.2, 0) is 4.79 Å². The van der Waals surface area contributed by atoms with Crippen molar-refractivity contribution >= 4 is 46.4 Å². The summed E-state index contributed by atoms with van der Waals surface area (Å²) in [6.07, 6.45) is 0.585. The van der Waals surface area contributed by atoms with E-state index in [9.17, 15) is 9.59 Å². The fourth-order valence-corrected chi connectivity index (χ4v) is 3.93. The fourth-order valence-electron chi connectivity index (χ4n) is 3.45. The zero-order chi connectivity index (χ0) is 21.8. The first-order valence-corrected chi connectivity index (χ1v) is 10.9. The lowest BCUT2D eigenvalue weighted by Crippen LogP contribution is -2.49. The Hall–Kier alpha value is -2.24. The van der Waals surface area contributed by atoms with E-state index in [-0.39, 0.29) is 11.8 Å². The van der Waals surface area contributed by atoms with Crippen LogP contribution in [-0.4, -0.2) is 42.9 Å². The van der Waals surface area contributed by atoms with E-state index < -0.39 is 0 Å².